The third kappa shape index (κ3) is 2.55. The number of hydrogen-bond acceptors (Lipinski definition) is 4. The summed E-state index contributed by atoms with van der Waals surface area (Å²) < 4.78 is 3.89. The number of hydrogen-bond donors (Lipinski definition) is 1. The van der Waals surface area contributed by atoms with Crippen molar-refractivity contribution in [1.82, 2.24) is 24.2 Å². The van der Waals surface area contributed by atoms with Gasteiger partial charge in [0.1, 0.15) is 0 Å². The lowest BCUT2D eigenvalue weighted by Gasteiger charge is -2.31. The second-order valence-electron chi connectivity index (χ2n) is 6.70. The van der Waals surface area contributed by atoms with Crippen LogP contribution in [0, 0.1) is 5.41 Å². The van der Waals surface area contributed by atoms with Gasteiger partial charge in [0.05, 0.1) is 42.3 Å². The fourth-order valence-electron chi connectivity index (χ4n) is 3.32. The van der Waals surface area contributed by atoms with Crippen molar-refractivity contribution in [2.45, 2.75) is 45.5 Å². The highest BCUT2D eigenvalue weighted by Crippen LogP contribution is 2.49. The molecule has 3 heterocycles. The molecule has 1 aliphatic carbocycles. The van der Waals surface area contributed by atoms with Crippen LogP contribution in [-0.2, 0) is 24.4 Å². The second-order valence-corrected chi connectivity index (χ2v) is 6.70. The first-order valence-corrected chi connectivity index (χ1v) is 8.07. The Labute approximate surface area is 134 Å². The first kappa shape index (κ1) is 14.4. The molecule has 4 rings (SSSR count). The molecule has 1 saturated carbocycles. The average Bonchev–Trinajstić information content (AvgIpc) is 2.97. The lowest BCUT2D eigenvalue weighted by molar-refractivity contribution is -0.139. The Morgan fingerprint density at radius 1 is 1.43 bits per heavy atom. The van der Waals surface area contributed by atoms with E-state index < -0.39 is 6.10 Å². The van der Waals surface area contributed by atoms with Gasteiger partial charge in [0, 0.05) is 25.5 Å². The predicted molar refractivity (Wildman–Crippen MR) is 82.2 cm³/mol. The molecule has 7 nitrogen and oxygen atoms in total. The van der Waals surface area contributed by atoms with Gasteiger partial charge in [0.15, 0.2) is 0 Å². The predicted octanol–water partition coefficient (Wildman–Crippen LogP) is 0.955. The molecule has 1 N–H and O–H groups in total. The maximum Gasteiger partial charge on any atom is 0.231 e. The molecular formula is C16H21N5O2. The van der Waals surface area contributed by atoms with Crippen molar-refractivity contribution in [3.8, 4) is 0 Å². The minimum Gasteiger partial charge on any atom is -0.387 e. The molecule has 2 aliphatic rings. The van der Waals surface area contributed by atoms with E-state index >= 15 is 0 Å². The van der Waals surface area contributed by atoms with Gasteiger partial charge in [0.25, 0.3) is 0 Å². The number of aliphatic hydroxyl groups excluding tert-OH is 1. The summed E-state index contributed by atoms with van der Waals surface area (Å²) in [6, 6.07) is 1.90. The van der Waals surface area contributed by atoms with Crippen LogP contribution in [-0.4, -0.2) is 41.8 Å². The van der Waals surface area contributed by atoms with E-state index in [1.807, 2.05) is 26.4 Å². The molecule has 0 spiro atoms. The van der Waals surface area contributed by atoms with E-state index in [0.29, 0.717) is 31.9 Å². The van der Waals surface area contributed by atoms with Gasteiger partial charge in [-0.25, -0.2) is 4.98 Å². The van der Waals surface area contributed by atoms with Gasteiger partial charge in [-0.2, -0.15) is 5.10 Å². The summed E-state index contributed by atoms with van der Waals surface area (Å²) >= 11 is 0. The maximum atomic E-state index is 13.0. The molecule has 2 aromatic heterocycles. The molecule has 1 amide bonds. The number of nitrogens with zero attached hydrogens (tertiary/aromatic N) is 5. The number of carbonyl (C=O) groups excluding carboxylic acids is 1. The van der Waals surface area contributed by atoms with Crippen LogP contribution in [0.15, 0.2) is 24.8 Å². The number of aliphatic hydroxyl groups is 1. The molecule has 122 valence electrons. The van der Waals surface area contributed by atoms with Crippen LogP contribution in [0.3, 0.4) is 0 Å². The number of carbonyl (C=O) groups is 1. The molecule has 7 heteroatoms. The van der Waals surface area contributed by atoms with Gasteiger partial charge in [-0.05, 0) is 25.8 Å². The first-order valence-electron chi connectivity index (χ1n) is 8.07. The zero-order chi connectivity index (χ0) is 16.0. The topological polar surface area (TPSA) is 76.2 Å². The Bertz CT molecular complexity index is 715. The fraction of sp³-hybridized carbons (Fsp3) is 0.562. The lowest BCUT2D eigenvalue weighted by atomic mass is 10.0. The number of rotatable bonds is 4. The fourth-order valence-corrected chi connectivity index (χ4v) is 3.32. The van der Waals surface area contributed by atoms with Gasteiger partial charge in [-0.1, -0.05) is 0 Å². The highest BCUT2D eigenvalue weighted by atomic mass is 16.3. The highest BCUT2D eigenvalue weighted by molar-refractivity contribution is 5.85. The van der Waals surface area contributed by atoms with Crippen molar-refractivity contribution < 1.29 is 9.90 Å². The number of fused-ring (bicyclic) bond motifs is 1. The van der Waals surface area contributed by atoms with Crippen LogP contribution in [0.25, 0.3) is 0 Å². The third-order valence-electron chi connectivity index (χ3n) is 4.88. The van der Waals surface area contributed by atoms with Gasteiger partial charge in [-0.15, -0.1) is 0 Å². The molecule has 1 aliphatic heterocycles. The molecule has 0 bridgehead atoms. The van der Waals surface area contributed by atoms with Gasteiger partial charge in [0.2, 0.25) is 5.91 Å². The minimum absolute atomic E-state index is 0.234. The minimum atomic E-state index is -0.576. The molecule has 0 radical (unpaired) electrons. The zero-order valence-electron chi connectivity index (χ0n) is 13.2. The summed E-state index contributed by atoms with van der Waals surface area (Å²) in [5, 5.41) is 14.1. The zero-order valence-corrected chi connectivity index (χ0v) is 13.2. The molecule has 1 fully saturated rings. The Hall–Kier alpha value is -2.15. The molecule has 1 atom stereocenters. The van der Waals surface area contributed by atoms with Crippen molar-refractivity contribution in [2.75, 3.05) is 6.54 Å². The Morgan fingerprint density at radius 2 is 2.26 bits per heavy atom. The van der Waals surface area contributed by atoms with E-state index in [0.717, 1.165) is 18.5 Å². The Morgan fingerprint density at radius 3 is 2.91 bits per heavy atom. The summed E-state index contributed by atoms with van der Waals surface area (Å²) in [4.78, 5) is 19.0. The van der Waals surface area contributed by atoms with Crippen LogP contribution in [0.4, 0.5) is 0 Å². The summed E-state index contributed by atoms with van der Waals surface area (Å²) in [7, 11) is 0. The second kappa shape index (κ2) is 5.19. The molecule has 2 aromatic rings. The SMILES string of the molecule is C[C@@H](O)c1cc2n(n1)CCN(C(=O)C1(Cn3ccnc3)CC1)C2. The smallest absolute Gasteiger partial charge is 0.231 e. The average molecular weight is 315 g/mol. The quantitative estimate of drug-likeness (QED) is 0.911. The van der Waals surface area contributed by atoms with Crippen LogP contribution < -0.4 is 0 Å². The van der Waals surface area contributed by atoms with Crippen molar-refractivity contribution in [2.24, 2.45) is 5.41 Å². The van der Waals surface area contributed by atoms with Crippen LogP contribution >= 0.6 is 0 Å². The molecule has 0 unspecified atom stereocenters. The molecule has 0 saturated heterocycles. The van der Waals surface area contributed by atoms with Crippen molar-refractivity contribution >= 4 is 5.91 Å². The first-order chi connectivity index (χ1) is 11.1. The van der Waals surface area contributed by atoms with E-state index in [4.69, 9.17) is 0 Å². The summed E-state index contributed by atoms with van der Waals surface area (Å²) in [5.41, 5.74) is 1.42. The van der Waals surface area contributed by atoms with E-state index in [1.165, 1.54) is 0 Å². The van der Waals surface area contributed by atoms with Crippen molar-refractivity contribution in [3.63, 3.8) is 0 Å². The standard InChI is InChI=1S/C16H21N5O2/c1-12(22)14-8-13-9-20(6-7-21(13)18-14)15(23)16(2-3-16)10-19-5-4-17-11-19/h4-5,8,11-12,22H,2-3,6-7,9-10H2,1H3/t12-/m1/s1. The molecule has 23 heavy (non-hydrogen) atoms. The summed E-state index contributed by atoms with van der Waals surface area (Å²) in [5.74, 6) is 0.234. The van der Waals surface area contributed by atoms with Crippen LogP contribution in [0.1, 0.15) is 37.3 Å². The summed E-state index contributed by atoms with van der Waals surface area (Å²) in [6.07, 6.45) is 6.74. The monoisotopic (exact) mass is 315 g/mol. The van der Waals surface area contributed by atoms with Crippen molar-refractivity contribution in [1.29, 1.82) is 0 Å². The Balaban J connectivity index is 1.49. The van der Waals surface area contributed by atoms with Gasteiger partial charge < -0.3 is 14.6 Å². The van der Waals surface area contributed by atoms with Crippen LogP contribution in [0.2, 0.25) is 0 Å². The van der Waals surface area contributed by atoms with E-state index in [9.17, 15) is 9.90 Å². The lowest BCUT2D eigenvalue weighted by Crippen LogP contribution is -2.43. The van der Waals surface area contributed by atoms with Crippen molar-refractivity contribution in [3.05, 3.63) is 36.2 Å². The Kier molecular flexibility index (Phi) is 3.26. The van der Waals surface area contributed by atoms with Gasteiger partial charge in [-0.3, -0.25) is 9.48 Å². The van der Waals surface area contributed by atoms with E-state index in [-0.39, 0.29) is 11.3 Å². The molecular weight excluding hydrogens is 294 g/mol. The number of amides is 1. The number of imidazole rings is 1. The molecule has 0 aromatic carbocycles. The number of aromatic nitrogens is 4. The highest BCUT2D eigenvalue weighted by Gasteiger charge is 2.52. The van der Waals surface area contributed by atoms with E-state index in [1.54, 1.807) is 19.4 Å². The third-order valence-corrected chi connectivity index (χ3v) is 4.88. The van der Waals surface area contributed by atoms with Gasteiger partial charge >= 0.3 is 0 Å². The van der Waals surface area contributed by atoms with Crippen LogP contribution in [0.5, 0.6) is 0 Å². The summed E-state index contributed by atoms with van der Waals surface area (Å²) in [6.45, 7) is 4.36. The largest absolute Gasteiger partial charge is 0.387 e. The normalized spacial score (nSPS) is 20.2. The maximum absolute atomic E-state index is 13.0. The van der Waals surface area contributed by atoms with E-state index in [2.05, 4.69) is 10.1 Å².